The third-order valence-electron chi connectivity index (χ3n) is 4.42. The van der Waals surface area contributed by atoms with E-state index in [2.05, 4.69) is 30.5 Å². The maximum absolute atomic E-state index is 12.9. The summed E-state index contributed by atoms with van der Waals surface area (Å²) in [6.07, 6.45) is 3.27. The van der Waals surface area contributed by atoms with Crippen molar-refractivity contribution in [3.63, 3.8) is 0 Å². The molecule has 0 bridgehead atoms. The Balaban J connectivity index is 1.61. The van der Waals surface area contributed by atoms with Crippen LogP contribution >= 0.6 is 0 Å². The molecule has 0 saturated heterocycles. The van der Waals surface area contributed by atoms with Crippen LogP contribution in [0.2, 0.25) is 0 Å². The highest BCUT2D eigenvalue weighted by atomic mass is 16.1. The van der Waals surface area contributed by atoms with Gasteiger partial charge in [0.1, 0.15) is 0 Å². The summed E-state index contributed by atoms with van der Waals surface area (Å²) in [5, 5.41) is 10.5. The molecule has 0 aliphatic carbocycles. The third-order valence-corrected chi connectivity index (χ3v) is 4.42. The van der Waals surface area contributed by atoms with Crippen LogP contribution in [0.1, 0.15) is 10.4 Å². The van der Waals surface area contributed by atoms with Gasteiger partial charge in [-0.05, 0) is 30.3 Å². The number of para-hydroxylation sites is 1. The first-order valence-corrected chi connectivity index (χ1v) is 8.42. The average Bonchev–Trinajstić information content (AvgIpc) is 3.36. The Bertz CT molecular complexity index is 1270. The van der Waals surface area contributed by atoms with Crippen molar-refractivity contribution in [3.05, 3.63) is 72.7 Å². The van der Waals surface area contributed by atoms with Crippen molar-refractivity contribution in [1.29, 1.82) is 0 Å². The van der Waals surface area contributed by atoms with Gasteiger partial charge in [-0.1, -0.05) is 24.3 Å². The molecule has 5 aromatic rings. The summed E-state index contributed by atoms with van der Waals surface area (Å²) in [7, 11) is 0. The van der Waals surface area contributed by atoms with Gasteiger partial charge in [0.15, 0.2) is 5.65 Å². The molecule has 1 amide bonds. The van der Waals surface area contributed by atoms with Crippen molar-refractivity contribution in [3.8, 4) is 11.3 Å². The van der Waals surface area contributed by atoms with Gasteiger partial charge in [-0.3, -0.25) is 9.89 Å². The molecule has 7 nitrogen and oxygen atoms in total. The predicted molar refractivity (Wildman–Crippen MR) is 103 cm³/mol. The molecule has 3 heterocycles. The van der Waals surface area contributed by atoms with Gasteiger partial charge in [-0.15, -0.1) is 0 Å². The first kappa shape index (κ1) is 15.3. The fourth-order valence-corrected chi connectivity index (χ4v) is 3.08. The summed E-state index contributed by atoms with van der Waals surface area (Å²) in [6, 6.07) is 17.0. The molecule has 0 atom stereocenters. The van der Waals surface area contributed by atoms with E-state index < -0.39 is 0 Å². The minimum Gasteiger partial charge on any atom is -0.345 e. The van der Waals surface area contributed by atoms with Crippen molar-refractivity contribution in [2.45, 2.75) is 0 Å². The van der Waals surface area contributed by atoms with Crippen molar-refractivity contribution in [2.24, 2.45) is 0 Å². The number of rotatable bonds is 3. The highest BCUT2D eigenvalue weighted by Gasteiger charge is 2.16. The average molecular weight is 354 g/mol. The van der Waals surface area contributed by atoms with E-state index in [0.717, 1.165) is 22.3 Å². The monoisotopic (exact) mass is 354 g/mol. The Morgan fingerprint density at radius 1 is 1.04 bits per heavy atom. The highest BCUT2D eigenvalue weighted by molar-refractivity contribution is 6.12. The molecule has 0 aliphatic rings. The molecule has 0 unspecified atom stereocenters. The molecule has 3 aromatic heterocycles. The smallest absolute Gasteiger partial charge is 0.256 e. The van der Waals surface area contributed by atoms with Gasteiger partial charge in [-0.25, -0.2) is 9.97 Å². The zero-order valence-electron chi connectivity index (χ0n) is 14.1. The SMILES string of the molecule is O=C(Nc1ccccc1)c1cc(-c2ccc3[nH]cnc3c2)nc2[nH]ncc12. The minimum absolute atomic E-state index is 0.211. The molecule has 0 radical (unpaired) electrons. The second-order valence-electron chi connectivity index (χ2n) is 6.14. The Morgan fingerprint density at radius 2 is 1.93 bits per heavy atom. The predicted octanol–water partition coefficient (Wildman–Crippen LogP) is 3.75. The standard InChI is InChI=1S/C20H14N6O/c27-20(24-13-4-2-1-3-5-13)14-9-17(25-19-15(14)10-23-26-19)12-6-7-16-18(8-12)22-11-21-16/h1-11H,(H,21,22)(H,24,27)(H,23,25,26). The summed E-state index contributed by atoms with van der Waals surface area (Å²) in [6.45, 7) is 0. The van der Waals surface area contributed by atoms with Crippen molar-refractivity contribution in [1.82, 2.24) is 25.1 Å². The number of pyridine rings is 1. The second-order valence-corrected chi connectivity index (χ2v) is 6.14. The van der Waals surface area contributed by atoms with E-state index in [1.807, 2.05) is 48.5 Å². The van der Waals surface area contributed by atoms with Crippen molar-refractivity contribution in [2.75, 3.05) is 5.32 Å². The number of anilines is 1. The Hall–Kier alpha value is -4.00. The summed E-state index contributed by atoms with van der Waals surface area (Å²) in [5.41, 5.74) is 5.14. The largest absolute Gasteiger partial charge is 0.345 e. The van der Waals surface area contributed by atoms with Crippen LogP contribution in [0, 0.1) is 0 Å². The zero-order chi connectivity index (χ0) is 18.2. The van der Waals surface area contributed by atoms with Gasteiger partial charge in [0.05, 0.1) is 40.2 Å². The summed E-state index contributed by atoms with van der Waals surface area (Å²) in [5.74, 6) is -0.211. The van der Waals surface area contributed by atoms with Crippen LogP contribution in [0.4, 0.5) is 5.69 Å². The summed E-state index contributed by atoms with van der Waals surface area (Å²) >= 11 is 0. The normalized spacial score (nSPS) is 11.1. The van der Waals surface area contributed by atoms with E-state index in [1.165, 1.54) is 0 Å². The molecular formula is C20H14N6O. The topological polar surface area (TPSA) is 99.4 Å². The van der Waals surface area contributed by atoms with Crippen LogP contribution < -0.4 is 5.32 Å². The van der Waals surface area contributed by atoms with E-state index in [-0.39, 0.29) is 5.91 Å². The molecule has 0 fully saturated rings. The summed E-state index contributed by atoms with van der Waals surface area (Å²) in [4.78, 5) is 24.9. The van der Waals surface area contributed by atoms with Crippen molar-refractivity contribution >= 4 is 33.7 Å². The number of fused-ring (bicyclic) bond motifs is 2. The molecule has 5 rings (SSSR count). The van der Waals surface area contributed by atoms with Gasteiger partial charge in [0, 0.05) is 11.3 Å². The van der Waals surface area contributed by atoms with Crippen molar-refractivity contribution < 1.29 is 4.79 Å². The van der Waals surface area contributed by atoms with E-state index >= 15 is 0 Å². The molecule has 130 valence electrons. The number of H-pyrrole nitrogens is 2. The fourth-order valence-electron chi connectivity index (χ4n) is 3.08. The quantitative estimate of drug-likeness (QED) is 0.459. The number of hydrogen-bond acceptors (Lipinski definition) is 4. The number of benzene rings is 2. The van der Waals surface area contributed by atoms with Gasteiger partial charge in [0.25, 0.3) is 5.91 Å². The minimum atomic E-state index is -0.211. The third kappa shape index (κ3) is 2.71. The first-order chi connectivity index (χ1) is 13.3. The molecule has 0 spiro atoms. The van der Waals surface area contributed by atoms with Gasteiger partial charge in [-0.2, -0.15) is 5.10 Å². The molecule has 2 aromatic carbocycles. The summed E-state index contributed by atoms with van der Waals surface area (Å²) < 4.78 is 0. The Kier molecular flexibility index (Phi) is 3.43. The lowest BCUT2D eigenvalue weighted by atomic mass is 10.1. The maximum Gasteiger partial charge on any atom is 0.256 e. The lowest BCUT2D eigenvalue weighted by Crippen LogP contribution is -2.12. The number of nitrogens with one attached hydrogen (secondary N) is 3. The van der Waals surface area contributed by atoms with Crippen LogP contribution in [0.3, 0.4) is 0 Å². The van der Waals surface area contributed by atoms with Gasteiger partial charge in [0.2, 0.25) is 0 Å². The van der Waals surface area contributed by atoms with E-state index in [1.54, 1.807) is 18.6 Å². The molecule has 27 heavy (non-hydrogen) atoms. The molecule has 7 heteroatoms. The van der Waals surface area contributed by atoms with E-state index in [4.69, 9.17) is 0 Å². The lowest BCUT2D eigenvalue weighted by molar-refractivity contribution is 0.102. The molecule has 3 N–H and O–H groups in total. The van der Waals surface area contributed by atoms with Crippen LogP contribution in [0.25, 0.3) is 33.3 Å². The molecule has 0 aliphatic heterocycles. The van der Waals surface area contributed by atoms with Gasteiger partial charge < -0.3 is 10.3 Å². The lowest BCUT2D eigenvalue weighted by Gasteiger charge is -2.08. The number of hydrogen-bond donors (Lipinski definition) is 3. The van der Waals surface area contributed by atoms with Gasteiger partial charge >= 0.3 is 0 Å². The number of nitrogens with zero attached hydrogens (tertiary/aromatic N) is 3. The molecular weight excluding hydrogens is 340 g/mol. The molecule has 0 saturated carbocycles. The number of carbonyl (C=O) groups excluding carboxylic acids is 1. The Morgan fingerprint density at radius 3 is 2.81 bits per heavy atom. The number of aromatic nitrogens is 5. The fraction of sp³-hybridized carbons (Fsp3) is 0. The number of carbonyl (C=O) groups is 1. The number of aromatic amines is 2. The number of imidazole rings is 1. The van der Waals surface area contributed by atoms with Crippen LogP contribution in [0.5, 0.6) is 0 Å². The van der Waals surface area contributed by atoms with Crippen LogP contribution in [-0.4, -0.2) is 31.1 Å². The van der Waals surface area contributed by atoms with Crippen LogP contribution in [0.15, 0.2) is 67.1 Å². The van der Waals surface area contributed by atoms with E-state index in [0.29, 0.717) is 22.3 Å². The van der Waals surface area contributed by atoms with E-state index in [9.17, 15) is 4.79 Å². The Labute approximate surface area is 153 Å². The number of amides is 1. The maximum atomic E-state index is 12.9. The van der Waals surface area contributed by atoms with Crippen LogP contribution in [-0.2, 0) is 0 Å². The first-order valence-electron chi connectivity index (χ1n) is 8.42. The zero-order valence-corrected chi connectivity index (χ0v) is 14.1. The second kappa shape index (κ2) is 6.06. The highest BCUT2D eigenvalue weighted by Crippen LogP contribution is 2.26.